The molecule has 1 aliphatic heterocycles. The molecule has 2 aromatic rings. The van der Waals surface area contributed by atoms with Crippen molar-refractivity contribution < 1.29 is 9.72 Å². The van der Waals surface area contributed by atoms with E-state index >= 15 is 0 Å². The summed E-state index contributed by atoms with van der Waals surface area (Å²) in [5.41, 5.74) is 1.40. The van der Waals surface area contributed by atoms with Gasteiger partial charge in [0.25, 0.3) is 5.91 Å². The van der Waals surface area contributed by atoms with Gasteiger partial charge >= 0.3 is 5.82 Å². The van der Waals surface area contributed by atoms with E-state index in [-0.39, 0.29) is 11.7 Å². The Balaban J connectivity index is 1.62. The van der Waals surface area contributed by atoms with Gasteiger partial charge < -0.3 is 19.9 Å². The topological polar surface area (TPSA) is 92.5 Å². The van der Waals surface area contributed by atoms with Crippen LogP contribution < -0.4 is 4.90 Å². The number of carbonyl (C=O) groups excluding carboxylic acids is 1. The Morgan fingerprint density at radius 3 is 2.48 bits per heavy atom. The second-order valence-corrected chi connectivity index (χ2v) is 5.15. The van der Waals surface area contributed by atoms with Crippen molar-refractivity contribution in [3.05, 3.63) is 58.5 Å². The first-order valence-corrected chi connectivity index (χ1v) is 7.20. The smallest absolute Gasteiger partial charge is 0.363 e. The van der Waals surface area contributed by atoms with Crippen LogP contribution in [-0.2, 0) is 0 Å². The summed E-state index contributed by atoms with van der Waals surface area (Å²) in [4.78, 5) is 34.1. The molecule has 0 bridgehead atoms. The monoisotopic (exact) mass is 313 g/mol. The molecule has 2 aromatic heterocycles. The van der Waals surface area contributed by atoms with Gasteiger partial charge in [-0.05, 0) is 28.1 Å². The minimum atomic E-state index is -0.520. The summed E-state index contributed by atoms with van der Waals surface area (Å²) in [6, 6.07) is 6.57. The lowest BCUT2D eigenvalue weighted by Gasteiger charge is -2.35. The van der Waals surface area contributed by atoms with Crippen LogP contribution in [0.3, 0.4) is 0 Å². The van der Waals surface area contributed by atoms with Gasteiger partial charge in [0.15, 0.2) is 6.20 Å². The summed E-state index contributed by atoms with van der Waals surface area (Å²) in [6.45, 7) is 2.49. The number of anilines is 1. The normalized spacial score (nSPS) is 14.6. The van der Waals surface area contributed by atoms with Crippen molar-refractivity contribution >= 4 is 17.4 Å². The highest BCUT2D eigenvalue weighted by atomic mass is 16.6. The van der Waals surface area contributed by atoms with Crippen LogP contribution in [0.2, 0.25) is 0 Å². The van der Waals surface area contributed by atoms with Crippen molar-refractivity contribution in [2.75, 3.05) is 31.1 Å². The van der Waals surface area contributed by atoms with E-state index in [4.69, 9.17) is 0 Å². The van der Waals surface area contributed by atoms with Gasteiger partial charge in [0, 0.05) is 44.6 Å². The van der Waals surface area contributed by atoms with Crippen LogP contribution in [-0.4, -0.2) is 51.9 Å². The molecule has 8 heteroatoms. The molecule has 0 radical (unpaired) electrons. The van der Waals surface area contributed by atoms with E-state index in [1.165, 1.54) is 12.3 Å². The molecule has 0 spiro atoms. The molecule has 1 saturated heterocycles. The van der Waals surface area contributed by atoms with Crippen LogP contribution in [0.5, 0.6) is 0 Å². The molecule has 3 heterocycles. The highest BCUT2D eigenvalue weighted by Crippen LogP contribution is 2.18. The van der Waals surface area contributed by atoms with Gasteiger partial charge in [0.2, 0.25) is 0 Å². The maximum Gasteiger partial charge on any atom is 0.363 e. The maximum atomic E-state index is 12.3. The fraction of sp³-hybridized carbons (Fsp3) is 0.267. The second kappa shape index (κ2) is 6.39. The zero-order valence-electron chi connectivity index (χ0n) is 12.3. The Hall–Kier alpha value is -3.03. The lowest BCUT2D eigenvalue weighted by atomic mass is 10.2. The number of carbonyl (C=O) groups is 1. The van der Waals surface area contributed by atoms with E-state index < -0.39 is 4.92 Å². The number of hydrogen-bond donors (Lipinski definition) is 0. The number of pyridine rings is 2. The number of hydrogen-bond acceptors (Lipinski definition) is 6. The van der Waals surface area contributed by atoms with Gasteiger partial charge in [-0.2, -0.15) is 0 Å². The lowest BCUT2D eigenvalue weighted by Crippen LogP contribution is -2.48. The van der Waals surface area contributed by atoms with Crippen molar-refractivity contribution in [1.29, 1.82) is 0 Å². The zero-order chi connectivity index (χ0) is 16.2. The number of rotatable bonds is 3. The van der Waals surface area contributed by atoms with Crippen molar-refractivity contribution in [2.24, 2.45) is 0 Å². The number of nitrogens with zero attached hydrogens (tertiary/aromatic N) is 5. The molecule has 0 saturated carbocycles. The summed E-state index contributed by atoms with van der Waals surface area (Å²) >= 11 is 0. The van der Waals surface area contributed by atoms with Gasteiger partial charge in [-0.1, -0.05) is 0 Å². The summed E-state index contributed by atoms with van der Waals surface area (Å²) in [6.07, 6.45) is 4.70. The van der Waals surface area contributed by atoms with E-state index in [0.29, 0.717) is 31.7 Å². The molecule has 0 aliphatic carbocycles. The molecule has 1 amide bonds. The van der Waals surface area contributed by atoms with Crippen molar-refractivity contribution in [3.63, 3.8) is 0 Å². The molecule has 0 atom stereocenters. The summed E-state index contributed by atoms with van der Waals surface area (Å²) in [5.74, 6) is -0.196. The number of aromatic nitrogens is 2. The van der Waals surface area contributed by atoms with E-state index in [2.05, 4.69) is 14.9 Å². The van der Waals surface area contributed by atoms with E-state index in [1.54, 1.807) is 35.5 Å². The summed E-state index contributed by atoms with van der Waals surface area (Å²) in [5, 5.41) is 10.6. The van der Waals surface area contributed by atoms with E-state index in [1.807, 2.05) is 0 Å². The highest BCUT2D eigenvalue weighted by Gasteiger charge is 2.23. The van der Waals surface area contributed by atoms with E-state index in [0.717, 1.165) is 5.69 Å². The standard InChI is InChI=1S/C15H15N5O3/c21-15(12-2-1-5-16-10-12)19-8-6-18(7-9-19)13-3-4-14(17-11-13)20(22)23/h1-5,10-11H,6-9H2. The molecule has 1 aliphatic rings. The molecule has 8 nitrogen and oxygen atoms in total. The van der Waals surface area contributed by atoms with Crippen LogP contribution in [0, 0.1) is 10.1 Å². The predicted octanol–water partition coefficient (Wildman–Crippen LogP) is 1.35. The first kappa shape index (κ1) is 14.9. The average Bonchev–Trinajstić information content (AvgIpc) is 2.62. The van der Waals surface area contributed by atoms with Gasteiger partial charge in [-0.15, -0.1) is 0 Å². The Bertz CT molecular complexity index is 697. The van der Waals surface area contributed by atoms with Gasteiger partial charge in [0.05, 0.1) is 11.3 Å². The Morgan fingerprint density at radius 1 is 1.13 bits per heavy atom. The number of piperazine rings is 1. The first-order chi connectivity index (χ1) is 11.1. The van der Waals surface area contributed by atoms with Crippen molar-refractivity contribution in [3.8, 4) is 0 Å². The number of amides is 1. The van der Waals surface area contributed by atoms with Crippen LogP contribution in [0.4, 0.5) is 11.5 Å². The third-order valence-corrected chi connectivity index (χ3v) is 3.76. The van der Waals surface area contributed by atoms with E-state index in [9.17, 15) is 14.9 Å². The van der Waals surface area contributed by atoms with Gasteiger partial charge in [-0.25, -0.2) is 0 Å². The van der Waals surface area contributed by atoms with Crippen LogP contribution in [0.1, 0.15) is 10.4 Å². The minimum absolute atomic E-state index is 0.0282. The largest absolute Gasteiger partial charge is 0.365 e. The third-order valence-electron chi connectivity index (χ3n) is 3.76. The highest BCUT2D eigenvalue weighted by molar-refractivity contribution is 5.94. The predicted molar refractivity (Wildman–Crippen MR) is 83.2 cm³/mol. The van der Waals surface area contributed by atoms with Crippen LogP contribution >= 0.6 is 0 Å². The fourth-order valence-electron chi connectivity index (χ4n) is 2.51. The molecule has 1 fully saturated rings. The molecule has 0 unspecified atom stereocenters. The summed E-state index contributed by atoms with van der Waals surface area (Å²) in [7, 11) is 0. The summed E-state index contributed by atoms with van der Waals surface area (Å²) < 4.78 is 0. The molecular weight excluding hydrogens is 298 g/mol. The Morgan fingerprint density at radius 2 is 1.91 bits per heavy atom. The molecule has 118 valence electrons. The Labute approximate surface area is 132 Å². The second-order valence-electron chi connectivity index (χ2n) is 5.15. The Kier molecular flexibility index (Phi) is 4.13. The zero-order valence-corrected chi connectivity index (χ0v) is 12.3. The quantitative estimate of drug-likeness (QED) is 0.627. The van der Waals surface area contributed by atoms with Gasteiger partial charge in [-0.3, -0.25) is 9.78 Å². The lowest BCUT2D eigenvalue weighted by molar-refractivity contribution is -0.389. The fourth-order valence-corrected chi connectivity index (χ4v) is 2.51. The molecule has 0 N–H and O–H groups in total. The van der Waals surface area contributed by atoms with Crippen LogP contribution in [0.15, 0.2) is 42.9 Å². The van der Waals surface area contributed by atoms with Crippen molar-refractivity contribution in [2.45, 2.75) is 0 Å². The first-order valence-electron chi connectivity index (χ1n) is 7.20. The average molecular weight is 313 g/mol. The van der Waals surface area contributed by atoms with Gasteiger partial charge in [0.1, 0.15) is 0 Å². The van der Waals surface area contributed by atoms with Crippen LogP contribution in [0.25, 0.3) is 0 Å². The maximum absolute atomic E-state index is 12.3. The SMILES string of the molecule is O=C(c1cccnc1)N1CCN(c2ccc([N+](=O)[O-])nc2)CC1. The third kappa shape index (κ3) is 3.25. The molecule has 23 heavy (non-hydrogen) atoms. The minimum Gasteiger partial charge on any atom is -0.365 e. The van der Waals surface area contributed by atoms with Crippen molar-refractivity contribution in [1.82, 2.24) is 14.9 Å². The molecule has 0 aromatic carbocycles. The number of nitro groups is 1. The molecular formula is C15H15N5O3. The molecule has 3 rings (SSSR count).